The van der Waals surface area contributed by atoms with E-state index in [1.807, 2.05) is 84.9 Å². The van der Waals surface area contributed by atoms with Gasteiger partial charge in [-0.1, -0.05) is 60.7 Å². The van der Waals surface area contributed by atoms with E-state index in [0.717, 1.165) is 22.6 Å². The minimum Gasteiger partial charge on any atom is -0.490 e. The van der Waals surface area contributed by atoms with E-state index in [1.165, 1.54) is 0 Å². The van der Waals surface area contributed by atoms with Gasteiger partial charge in [0.2, 0.25) is 0 Å². The summed E-state index contributed by atoms with van der Waals surface area (Å²) < 4.78 is 11.4. The molecule has 0 aliphatic carbocycles. The fourth-order valence-electron chi connectivity index (χ4n) is 2.50. The Morgan fingerprint density at radius 1 is 0.828 bits per heavy atom. The normalized spacial score (nSPS) is 10.5. The molecule has 2 N–H and O–H groups in total. The first-order valence-electron chi connectivity index (χ1n) is 9.31. The van der Waals surface area contributed by atoms with Gasteiger partial charge in [0.15, 0.2) is 5.11 Å². The Morgan fingerprint density at radius 2 is 1.48 bits per heavy atom. The highest BCUT2D eigenvalue weighted by atomic mass is 32.1. The summed E-state index contributed by atoms with van der Waals surface area (Å²) in [5, 5.41) is 7.75. The third-order valence-corrected chi connectivity index (χ3v) is 4.13. The van der Waals surface area contributed by atoms with Crippen LogP contribution in [-0.2, 0) is 6.54 Å². The van der Waals surface area contributed by atoms with Crippen LogP contribution in [0.15, 0.2) is 90.0 Å². The Hall–Kier alpha value is -3.38. The Bertz CT molecular complexity index is 918. The molecule has 0 bridgehead atoms. The number of rotatable bonds is 9. The Kier molecular flexibility index (Phi) is 8.04. The van der Waals surface area contributed by atoms with Crippen molar-refractivity contribution in [2.75, 3.05) is 13.2 Å². The molecule has 0 aliphatic heterocycles. The molecule has 148 valence electrons. The van der Waals surface area contributed by atoms with Crippen molar-refractivity contribution in [1.29, 1.82) is 0 Å². The molecule has 0 aromatic heterocycles. The van der Waals surface area contributed by atoms with Crippen LogP contribution in [0.5, 0.6) is 11.5 Å². The Balaban J connectivity index is 1.38. The summed E-state index contributed by atoms with van der Waals surface area (Å²) in [7, 11) is 0. The number of para-hydroxylation sites is 1. The molecule has 5 nitrogen and oxygen atoms in total. The van der Waals surface area contributed by atoms with E-state index < -0.39 is 0 Å². The molecule has 0 fully saturated rings. The summed E-state index contributed by atoms with van der Waals surface area (Å²) >= 11 is 5.23. The maximum atomic E-state index is 5.74. The van der Waals surface area contributed by atoms with Gasteiger partial charge >= 0.3 is 0 Å². The highest BCUT2D eigenvalue weighted by molar-refractivity contribution is 7.80. The van der Waals surface area contributed by atoms with Crippen LogP contribution in [0.3, 0.4) is 0 Å². The van der Waals surface area contributed by atoms with Gasteiger partial charge in [-0.3, -0.25) is 5.43 Å². The summed E-state index contributed by atoms with van der Waals surface area (Å²) in [6.07, 6.45) is 1.70. The predicted octanol–water partition coefficient (Wildman–Crippen LogP) is 4.14. The molecule has 6 heteroatoms. The van der Waals surface area contributed by atoms with Gasteiger partial charge in [-0.15, -0.1) is 0 Å². The molecular weight excluding hydrogens is 382 g/mol. The van der Waals surface area contributed by atoms with Gasteiger partial charge in [-0.2, -0.15) is 5.10 Å². The van der Waals surface area contributed by atoms with Crippen LogP contribution in [-0.4, -0.2) is 24.5 Å². The second-order valence-electron chi connectivity index (χ2n) is 6.12. The summed E-state index contributed by atoms with van der Waals surface area (Å²) in [5.41, 5.74) is 4.88. The van der Waals surface area contributed by atoms with Crippen molar-refractivity contribution in [2.45, 2.75) is 6.54 Å². The Labute approximate surface area is 176 Å². The molecule has 0 heterocycles. The lowest BCUT2D eigenvalue weighted by Gasteiger charge is -2.09. The molecule has 0 unspecified atom stereocenters. The largest absolute Gasteiger partial charge is 0.490 e. The third-order valence-electron chi connectivity index (χ3n) is 3.90. The van der Waals surface area contributed by atoms with Gasteiger partial charge in [0.05, 0.1) is 6.21 Å². The highest BCUT2D eigenvalue weighted by Crippen LogP contribution is 2.12. The molecule has 0 atom stereocenters. The van der Waals surface area contributed by atoms with Crippen LogP contribution in [0, 0.1) is 0 Å². The number of benzene rings is 3. The number of hydrazone groups is 1. The quantitative estimate of drug-likeness (QED) is 0.243. The van der Waals surface area contributed by atoms with E-state index in [0.29, 0.717) is 24.9 Å². The van der Waals surface area contributed by atoms with Crippen LogP contribution in [0.4, 0.5) is 0 Å². The van der Waals surface area contributed by atoms with E-state index in [1.54, 1.807) is 6.21 Å². The zero-order chi connectivity index (χ0) is 20.2. The van der Waals surface area contributed by atoms with Gasteiger partial charge in [0.1, 0.15) is 24.7 Å². The first-order chi connectivity index (χ1) is 14.3. The molecule has 0 aliphatic rings. The number of nitrogens with one attached hydrogen (secondary N) is 2. The molecule has 3 aromatic rings. The van der Waals surface area contributed by atoms with E-state index in [2.05, 4.69) is 15.8 Å². The lowest BCUT2D eigenvalue weighted by Crippen LogP contribution is -2.31. The maximum Gasteiger partial charge on any atom is 0.187 e. The minimum absolute atomic E-state index is 0.460. The lowest BCUT2D eigenvalue weighted by molar-refractivity contribution is 0.217. The molecule has 0 radical (unpaired) electrons. The third kappa shape index (κ3) is 7.63. The summed E-state index contributed by atoms with van der Waals surface area (Å²) in [5.74, 6) is 1.59. The SMILES string of the molecule is S=C(NCc1ccccc1)N/N=C/c1cccc(OCCOc2ccccc2)c1. The first kappa shape index (κ1) is 20.4. The fraction of sp³-hybridized carbons (Fsp3) is 0.130. The average Bonchev–Trinajstić information content (AvgIpc) is 2.77. The van der Waals surface area contributed by atoms with Crippen molar-refractivity contribution in [1.82, 2.24) is 10.7 Å². The van der Waals surface area contributed by atoms with Crippen molar-refractivity contribution in [3.8, 4) is 11.5 Å². The summed E-state index contributed by atoms with van der Waals surface area (Å²) in [4.78, 5) is 0. The second kappa shape index (κ2) is 11.5. The molecular formula is C23H23N3O2S. The number of thiocarbonyl (C=S) groups is 1. The summed E-state index contributed by atoms with van der Waals surface area (Å²) in [6.45, 7) is 1.59. The standard InChI is InChI=1S/C23H23N3O2S/c29-23(24-17-19-8-3-1-4-9-19)26-25-18-20-10-7-13-22(16-20)28-15-14-27-21-11-5-2-6-12-21/h1-13,16,18H,14-15,17H2,(H2,24,26,29)/b25-18+. The summed E-state index contributed by atoms with van der Waals surface area (Å²) in [6, 6.07) is 27.4. The molecule has 3 rings (SSSR count). The van der Waals surface area contributed by atoms with Gasteiger partial charge < -0.3 is 14.8 Å². The van der Waals surface area contributed by atoms with Crippen molar-refractivity contribution in [3.05, 3.63) is 96.1 Å². The van der Waals surface area contributed by atoms with Crippen LogP contribution < -0.4 is 20.2 Å². The number of ether oxygens (including phenoxy) is 2. The van der Waals surface area contributed by atoms with Crippen LogP contribution >= 0.6 is 12.2 Å². The van der Waals surface area contributed by atoms with Crippen LogP contribution in [0.25, 0.3) is 0 Å². The molecule has 0 amide bonds. The van der Waals surface area contributed by atoms with Crippen molar-refractivity contribution >= 4 is 23.5 Å². The maximum absolute atomic E-state index is 5.74. The fourth-order valence-corrected chi connectivity index (χ4v) is 2.63. The second-order valence-corrected chi connectivity index (χ2v) is 6.53. The van der Waals surface area contributed by atoms with Crippen molar-refractivity contribution in [3.63, 3.8) is 0 Å². The molecule has 29 heavy (non-hydrogen) atoms. The van der Waals surface area contributed by atoms with E-state index >= 15 is 0 Å². The van der Waals surface area contributed by atoms with Crippen molar-refractivity contribution in [2.24, 2.45) is 5.10 Å². The highest BCUT2D eigenvalue weighted by Gasteiger charge is 1.98. The predicted molar refractivity (Wildman–Crippen MR) is 120 cm³/mol. The Morgan fingerprint density at radius 3 is 2.24 bits per heavy atom. The zero-order valence-electron chi connectivity index (χ0n) is 16.0. The number of hydrogen-bond acceptors (Lipinski definition) is 4. The van der Waals surface area contributed by atoms with Gasteiger partial charge in [0, 0.05) is 6.54 Å². The molecule has 0 spiro atoms. The van der Waals surface area contributed by atoms with E-state index in [9.17, 15) is 0 Å². The molecule has 0 saturated carbocycles. The smallest absolute Gasteiger partial charge is 0.187 e. The monoisotopic (exact) mass is 405 g/mol. The topological polar surface area (TPSA) is 54.9 Å². The first-order valence-corrected chi connectivity index (χ1v) is 9.72. The minimum atomic E-state index is 0.460. The van der Waals surface area contributed by atoms with E-state index in [-0.39, 0.29) is 0 Å². The van der Waals surface area contributed by atoms with Gasteiger partial charge in [-0.25, -0.2) is 0 Å². The van der Waals surface area contributed by atoms with Gasteiger partial charge in [0.25, 0.3) is 0 Å². The molecule has 0 saturated heterocycles. The van der Waals surface area contributed by atoms with E-state index in [4.69, 9.17) is 21.7 Å². The van der Waals surface area contributed by atoms with Gasteiger partial charge in [-0.05, 0) is 47.6 Å². The zero-order valence-corrected chi connectivity index (χ0v) is 16.8. The van der Waals surface area contributed by atoms with Crippen LogP contribution in [0.2, 0.25) is 0 Å². The van der Waals surface area contributed by atoms with Crippen molar-refractivity contribution < 1.29 is 9.47 Å². The lowest BCUT2D eigenvalue weighted by atomic mass is 10.2. The average molecular weight is 406 g/mol. The number of nitrogens with zero attached hydrogens (tertiary/aromatic N) is 1. The molecule has 3 aromatic carbocycles. The van der Waals surface area contributed by atoms with Crippen LogP contribution in [0.1, 0.15) is 11.1 Å². The number of hydrogen-bond donors (Lipinski definition) is 2.